The van der Waals surface area contributed by atoms with E-state index in [1.165, 1.54) is 12.1 Å². The molecule has 0 aliphatic heterocycles. The van der Waals surface area contributed by atoms with E-state index >= 15 is 0 Å². The van der Waals surface area contributed by atoms with E-state index in [1.54, 1.807) is 0 Å². The molecule has 0 fully saturated rings. The van der Waals surface area contributed by atoms with Gasteiger partial charge in [-0.1, -0.05) is 0 Å². The first-order valence-electron chi connectivity index (χ1n) is 3.98. The van der Waals surface area contributed by atoms with Gasteiger partial charge in [0.05, 0.1) is 20.4 Å². The topological polar surface area (TPSA) is 104 Å². The maximum Gasteiger partial charge on any atom is 0.271 e. The summed E-state index contributed by atoms with van der Waals surface area (Å²) >= 11 is 3.04. The highest BCUT2D eigenvalue weighted by Gasteiger charge is 2.20. The van der Waals surface area contributed by atoms with Crippen molar-refractivity contribution in [3.05, 3.63) is 43.0 Å². The van der Waals surface area contributed by atoms with Gasteiger partial charge in [-0.3, -0.25) is 10.1 Å². The third kappa shape index (κ3) is 1.50. The highest BCUT2D eigenvalue weighted by Crippen LogP contribution is 2.26. The van der Waals surface area contributed by atoms with Gasteiger partial charge in [-0.2, -0.15) is 0 Å². The number of aromatic nitrogens is 2. The highest BCUT2D eigenvalue weighted by atomic mass is 79.9. The Kier molecular flexibility index (Phi) is 2.31. The summed E-state index contributed by atoms with van der Waals surface area (Å²) in [7, 11) is 0. The lowest BCUT2D eigenvalue weighted by atomic mass is 10.2. The molecule has 1 heterocycles. The summed E-state index contributed by atoms with van der Waals surface area (Å²) in [6, 6.07) is 3.78. The second-order valence-corrected chi connectivity index (χ2v) is 3.63. The lowest BCUT2D eigenvalue weighted by Gasteiger charge is -1.94. The molecular weight excluding hydrogens is 284 g/mol. The minimum atomic E-state index is -0.753. The van der Waals surface area contributed by atoms with E-state index in [9.17, 15) is 20.2 Å². The fourth-order valence-electron chi connectivity index (χ4n) is 1.29. The van der Waals surface area contributed by atoms with Gasteiger partial charge in [0.25, 0.3) is 10.3 Å². The summed E-state index contributed by atoms with van der Waals surface area (Å²) in [6.45, 7) is 0. The third-order valence-corrected chi connectivity index (χ3v) is 2.55. The van der Waals surface area contributed by atoms with Crippen LogP contribution >= 0.6 is 15.9 Å². The van der Waals surface area contributed by atoms with Crippen LogP contribution in [0.2, 0.25) is 0 Å². The number of hydrogen-bond acceptors (Lipinski definition) is 5. The standard InChI is InChI=1S/C7H3BrN4O4/c8-7-5-2-1-4(11(13)14)3-6(5)10(9-7)12(15)16/h1-3H. The van der Waals surface area contributed by atoms with Crippen molar-refractivity contribution < 1.29 is 9.96 Å². The fourth-order valence-corrected chi connectivity index (χ4v) is 1.77. The Morgan fingerprint density at radius 2 is 2.00 bits per heavy atom. The molecule has 0 unspecified atom stereocenters. The Labute approximate surface area is 95.9 Å². The Bertz CT molecular complexity index is 608. The highest BCUT2D eigenvalue weighted by molar-refractivity contribution is 9.10. The summed E-state index contributed by atoms with van der Waals surface area (Å²) in [6.07, 6.45) is 0. The predicted octanol–water partition coefficient (Wildman–Crippen LogP) is 1.75. The molecule has 0 saturated heterocycles. The van der Waals surface area contributed by atoms with Crippen molar-refractivity contribution in [2.24, 2.45) is 0 Å². The first kappa shape index (κ1) is 10.5. The van der Waals surface area contributed by atoms with E-state index in [0.717, 1.165) is 6.07 Å². The van der Waals surface area contributed by atoms with Crippen molar-refractivity contribution in [2.75, 3.05) is 0 Å². The zero-order valence-corrected chi connectivity index (χ0v) is 9.12. The van der Waals surface area contributed by atoms with Crippen LogP contribution in [-0.4, -0.2) is 19.8 Å². The molecular formula is C7H3BrN4O4. The van der Waals surface area contributed by atoms with Crippen LogP contribution in [0.3, 0.4) is 0 Å². The van der Waals surface area contributed by atoms with Crippen molar-refractivity contribution in [1.82, 2.24) is 9.89 Å². The predicted molar refractivity (Wildman–Crippen MR) is 56.5 cm³/mol. The number of fused-ring (bicyclic) bond motifs is 1. The zero-order chi connectivity index (χ0) is 11.9. The van der Waals surface area contributed by atoms with Gasteiger partial charge in [-0.05, 0) is 6.07 Å². The number of nitro benzene ring substituents is 1. The van der Waals surface area contributed by atoms with E-state index < -0.39 is 9.96 Å². The molecule has 0 spiro atoms. The number of hydrogen-bond donors (Lipinski definition) is 0. The molecule has 1 aromatic carbocycles. The van der Waals surface area contributed by atoms with Gasteiger partial charge in [-0.25, -0.2) is 0 Å². The SMILES string of the molecule is O=[N+]([O-])c1ccc2c(Br)nn([N+](=O)[O-])c2c1. The minimum absolute atomic E-state index is 0.0751. The Morgan fingerprint density at radius 3 is 2.56 bits per heavy atom. The quantitative estimate of drug-likeness (QED) is 0.618. The molecule has 0 bridgehead atoms. The summed E-state index contributed by atoms with van der Waals surface area (Å²) in [5.74, 6) is 0. The van der Waals surface area contributed by atoms with Crippen LogP contribution in [-0.2, 0) is 0 Å². The van der Waals surface area contributed by atoms with Crippen molar-refractivity contribution in [3.8, 4) is 0 Å². The van der Waals surface area contributed by atoms with E-state index in [-0.39, 0.29) is 15.8 Å². The number of non-ortho nitro benzene ring substituents is 1. The van der Waals surface area contributed by atoms with Crippen LogP contribution in [0.25, 0.3) is 10.9 Å². The monoisotopic (exact) mass is 286 g/mol. The fraction of sp³-hybridized carbons (Fsp3) is 0. The van der Waals surface area contributed by atoms with E-state index in [2.05, 4.69) is 21.0 Å². The van der Waals surface area contributed by atoms with Crippen molar-refractivity contribution in [3.63, 3.8) is 0 Å². The molecule has 82 valence electrons. The maximum absolute atomic E-state index is 10.6. The summed E-state index contributed by atoms with van der Waals surface area (Å²) < 4.78 is 0.272. The molecule has 0 N–H and O–H groups in total. The zero-order valence-electron chi connectivity index (χ0n) is 7.53. The van der Waals surface area contributed by atoms with Gasteiger partial charge in [0, 0.05) is 32.9 Å². The molecule has 8 nitrogen and oxygen atoms in total. The molecule has 0 aliphatic carbocycles. The largest absolute Gasteiger partial charge is 0.339 e. The van der Waals surface area contributed by atoms with Crippen LogP contribution in [0.1, 0.15) is 0 Å². The van der Waals surface area contributed by atoms with Crippen LogP contribution in [0.5, 0.6) is 0 Å². The number of rotatable bonds is 2. The maximum atomic E-state index is 10.6. The summed E-state index contributed by atoms with van der Waals surface area (Å²) in [5.41, 5.74) is -0.144. The average molecular weight is 287 g/mol. The lowest BCUT2D eigenvalue weighted by molar-refractivity contribution is -0.548. The van der Waals surface area contributed by atoms with E-state index in [0.29, 0.717) is 10.2 Å². The normalized spacial score (nSPS) is 10.6. The molecule has 0 radical (unpaired) electrons. The van der Waals surface area contributed by atoms with Gasteiger partial charge in [0.1, 0.15) is 0 Å². The number of nitrogens with zero attached hydrogens (tertiary/aromatic N) is 4. The molecule has 9 heteroatoms. The van der Waals surface area contributed by atoms with Gasteiger partial charge < -0.3 is 10.1 Å². The molecule has 0 aliphatic rings. The van der Waals surface area contributed by atoms with E-state index in [4.69, 9.17) is 0 Å². The van der Waals surface area contributed by atoms with Crippen LogP contribution < -0.4 is 0 Å². The minimum Gasteiger partial charge on any atom is -0.339 e. The molecule has 16 heavy (non-hydrogen) atoms. The average Bonchev–Trinajstić information content (AvgIpc) is 2.56. The Morgan fingerprint density at radius 1 is 1.31 bits per heavy atom. The summed E-state index contributed by atoms with van der Waals surface area (Å²) in [4.78, 5) is 21.0. The molecule has 2 aromatic rings. The van der Waals surface area contributed by atoms with Crippen molar-refractivity contribution >= 4 is 32.5 Å². The van der Waals surface area contributed by atoms with E-state index in [1.807, 2.05) is 0 Å². The molecule has 0 amide bonds. The van der Waals surface area contributed by atoms with Gasteiger partial charge in [-0.15, -0.1) is 0 Å². The molecule has 0 saturated carbocycles. The second kappa shape index (κ2) is 3.52. The van der Waals surface area contributed by atoms with Crippen LogP contribution in [0.4, 0.5) is 5.69 Å². The smallest absolute Gasteiger partial charge is 0.271 e. The second-order valence-electron chi connectivity index (χ2n) is 2.88. The van der Waals surface area contributed by atoms with Crippen LogP contribution in [0, 0.1) is 20.2 Å². The Balaban J connectivity index is 2.79. The number of nitro groups is 2. The van der Waals surface area contributed by atoms with Gasteiger partial charge in [0.2, 0.25) is 0 Å². The number of benzene rings is 1. The molecule has 0 atom stereocenters. The molecule has 2 rings (SSSR count). The molecule has 1 aromatic heterocycles. The summed E-state index contributed by atoms with van der Waals surface area (Å²) in [5, 5.41) is 24.4. The van der Waals surface area contributed by atoms with Gasteiger partial charge >= 0.3 is 0 Å². The van der Waals surface area contributed by atoms with Crippen molar-refractivity contribution in [2.45, 2.75) is 0 Å². The van der Waals surface area contributed by atoms with Crippen molar-refractivity contribution in [1.29, 1.82) is 0 Å². The lowest BCUT2D eigenvalue weighted by Crippen LogP contribution is -2.09. The van der Waals surface area contributed by atoms with Crippen LogP contribution in [0.15, 0.2) is 22.8 Å². The first-order valence-corrected chi connectivity index (χ1v) is 4.77. The Hall–Kier alpha value is -2.03. The first-order chi connectivity index (χ1) is 7.50. The van der Waals surface area contributed by atoms with Gasteiger partial charge in [0.15, 0.2) is 5.52 Å². The number of halogens is 1. The third-order valence-electron chi connectivity index (χ3n) is 1.97.